The summed E-state index contributed by atoms with van der Waals surface area (Å²) in [5.41, 5.74) is 1.00. The molecular formula is C13H20F2N4. The van der Waals surface area contributed by atoms with Crippen molar-refractivity contribution in [1.82, 2.24) is 14.9 Å². The third kappa shape index (κ3) is 4.38. The molecule has 19 heavy (non-hydrogen) atoms. The first kappa shape index (κ1) is 14.1. The molecular weight excluding hydrogens is 250 g/mol. The average molecular weight is 270 g/mol. The monoisotopic (exact) mass is 270 g/mol. The fourth-order valence-electron chi connectivity index (χ4n) is 2.38. The van der Waals surface area contributed by atoms with E-state index in [9.17, 15) is 8.78 Å². The van der Waals surface area contributed by atoms with Gasteiger partial charge in [-0.2, -0.15) is 0 Å². The first-order valence-corrected chi connectivity index (χ1v) is 6.72. The van der Waals surface area contributed by atoms with Gasteiger partial charge in [-0.3, -0.25) is 4.90 Å². The summed E-state index contributed by atoms with van der Waals surface area (Å²) in [6.07, 6.45) is 1.16. The van der Waals surface area contributed by atoms with Crippen LogP contribution in [0.2, 0.25) is 0 Å². The molecule has 6 heteroatoms. The van der Waals surface area contributed by atoms with Crippen LogP contribution in [0, 0.1) is 5.92 Å². The Morgan fingerprint density at radius 3 is 3.05 bits per heavy atom. The molecule has 1 saturated heterocycles. The van der Waals surface area contributed by atoms with E-state index in [2.05, 4.69) is 15.3 Å². The molecule has 1 atom stereocenters. The second-order valence-electron chi connectivity index (χ2n) is 4.93. The van der Waals surface area contributed by atoms with Gasteiger partial charge in [0.2, 0.25) is 0 Å². The molecule has 1 N–H and O–H groups in total. The van der Waals surface area contributed by atoms with Gasteiger partial charge in [0, 0.05) is 24.8 Å². The zero-order chi connectivity index (χ0) is 13.7. The Labute approximate surface area is 112 Å². The van der Waals surface area contributed by atoms with Gasteiger partial charge < -0.3 is 5.32 Å². The molecule has 1 fully saturated rings. The molecule has 2 rings (SSSR count). The zero-order valence-corrected chi connectivity index (χ0v) is 11.1. The van der Waals surface area contributed by atoms with E-state index in [-0.39, 0.29) is 6.54 Å². The van der Waals surface area contributed by atoms with Crippen molar-refractivity contribution in [2.75, 3.05) is 31.5 Å². The number of aryl methyl sites for hydroxylation is 1. The lowest BCUT2D eigenvalue weighted by molar-refractivity contribution is 0.0981. The van der Waals surface area contributed by atoms with Crippen LogP contribution in [0.4, 0.5) is 14.6 Å². The van der Waals surface area contributed by atoms with E-state index in [4.69, 9.17) is 0 Å². The van der Waals surface area contributed by atoms with Crippen LogP contribution in [-0.2, 0) is 6.42 Å². The lowest BCUT2D eigenvalue weighted by Gasteiger charge is -2.15. The minimum absolute atomic E-state index is 0.107. The van der Waals surface area contributed by atoms with Crippen molar-refractivity contribution in [3.8, 4) is 0 Å². The highest BCUT2D eigenvalue weighted by atomic mass is 19.3. The number of hydrogen-bond donors (Lipinski definition) is 1. The van der Waals surface area contributed by atoms with Crippen molar-refractivity contribution in [2.24, 2.45) is 5.92 Å². The summed E-state index contributed by atoms with van der Waals surface area (Å²) >= 11 is 0. The summed E-state index contributed by atoms with van der Waals surface area (Å²) in [5.74, 6) is 1.23. The molecule has 0 bridgehead atoms. The van der Waals surface area contributed by atoms with E-state index in [0.717, 1.165) is 44.0 Å². The number of halogens is 2. The average Bonchev–Trinajstić information content (AvgIpc) is 2.83. The number of anilines is 1. The molecule has 106 valence electrons. The Morgan fingerprint density at radius 1 is 1.47 bits per heavy atom. The van der Waals surface area contributed by atoms with Gasteiger partial charge >= 0.3 is 0 Å². The molecule has 1 aliphatic rings. The van der Waals surface area contributed by atoms with Gasteiger partial charge in [-0.25, -0.2) is 18.7 Å². The molecule has 0 saturated carbocycles. The van der Waals surface area contributed by atoms with Crippen molar-refractivity contribution in [1.29, 1.82) is 0 Å². The smallest absolute Gasteiger partial charge is 0.251 e. The molecule has 1 unspecified atom stereocenters. The molecule has 0 amide bonds. The minimum Gasteiger partial charge on any atom is -0.370 e. The van der Waals surface area contributed by atoms with Gasteiger partial charge in [-0.05, 0) is 25.3 Å². The van der Waals surface area contributed by atoms with E-state index >= 15 is 0 Å². The third-order valence-corrected chi connectivity index (χ3v) is 3.42. The third-order valence-electron chi connectivity index (χ3n) is 3.42. The maximum Gasteiger partial charge on any atom is 0.251 e. The highest BCUT2D eigenvalue weighted by molar-refractivity contribution is 5.34. The lowest BCUT2D eigenvalue weighted by Crippen LogP contribution is -2.27. The topological polar surface area (TPSA) is 41.0 Å². The van der Waals surface area contributed by atoms with E-state index in [1.54, 1.807) is 6.33 Å². The standard InChI is InChI=1S/C13H20F2N4/c1-2-11-5-13(18-9-17-11)16-6-10-3-4-19(7-10)8-12(14)15/h5,9-10,12H,2-4,6-8H2,1H3,(H,16,17,18). The Bertz CT molecular complexity index is 400. The largest absolute Gasteiger partial charge is 0.370 e. The summed E-state index contributed by atoms with van der Waals surface area (Å²) in [5, 5.41) is 3.27. The van der Waals surface area contributed by atoms with Crippen LogP contribution in [0.25, 0.3) is 0 Å². The van der Waals surface area contributed by atoms with Crippen LogP contribution in [0.3, 0.4) is 0 Å². The normalized spacial score (nSPS) is 20.1. The van der Waals surface area contributed by atoms with Crippen molar-refractivity contribution in [3.05, 3.63) is 18.1 Å². The Balaban J connectivity index is 1.77. The van der Waals surface area contributed by atoms with E-state index < -0.39 is 6.43 Å². The molecule has 4 nitrogen and oxygen atoms in total. The van der Waals surface area contributed by atoms with Crippen LogP contribution in [-0.4, -0.2) is 47.5 Å². The molecule has 1 aliphatic heterocycles. The molecule has 1 aromatic heterocycles. The fraction of sp³-hybridized carbons (Fsp3) is 0.692. The van der Waals surface area contributed by atoms with Crippen LogP contribution in [0.15, 0.2) is 12.4 Å². The van der Waals surface area contributed by atoms with Gasteiger partial charge in [-0.15, -0.1) is 0 Å². The van der Waals surface area contributed by atoms with Crippen molar-refractivity contribution in [2.45, 2.75) is 26.2 Å². The number of nitrogens with one attached hydrogen (secondary N) is 1. The highest BCUT2D eigenvalue weighted by Crippen LogP contribution is 2.17. The Morgan fingerprint density at radius 2 is 2.32 bits per heavy atom. The van der Waals surface area contributed by atoms with Gasteiger partial charge in [-0.1, -0.05) is 6.92 Å². The summed E-state index contributed by atoms with van der Waals surface area (Å²) in [4.78, 5) is 10.1. The van der Waals surface area contributed by atoms with Crippen molar-refractivity contribution in [3.63, 3.8) is 0 Å². The Kier molecular flexibility index (Phi) is 5.01. The minimum atomic E-state index is -2.24. The fourth-order valence-corrected chi connectivity index (χ4v) is 2.38. The second-order valence-corrected chi connectivity index (χ2v) is 4.93. The molecule has 0 aromatic carbocycles. The van der Waals surface area contributed by atoms with Crippen molar-refractivity contribution >= 4 is 5.82 Å². The summed E-state index contributed by atoms with van der Waals surface area (Å²) in [6.45, 7) is 4.22. The number of likely N-dealkylation sites (tertiary alicyclic amines) is 1. The molecule has 0 radical (unpaired) electrons. The van der Waals surface area contributed by atoms with Gasteiger partial charge in [0.15, 0.2) is 0 Å². The Hall–Kier alpha value is -1.30. The van der Waals surface area contributed by atoms with Crippen LogP contribution < -0.4 is 5.32 Å². The van der Waals surface area contributed by atoms with E-state index in [1.807, 2.05) is 17.9 Å². The van der Waals surface area contributed by atoms with Crippen LogP contribution in [0.5, 0.6) is 0 Å². The second kappa shape index (κ2) is 6.75. The summed E-state index contributed by atoms with van der Waals surface area (Å²) < 4.78 is 24.5. The van der Waals surface area contributed by atoms with E-state index in [1.165, 1.54) is 0 Å². The number of rotatable bonds is 6. The first-order valence-electron chi connectivity index (χ1n) is 6.72. The number of alkyl halides is 2. The first-order chi connectivity index (χ1) is 9.17. The predicted octanol–water partition coefficient (Wildman–Crippen LogP) is 2.04. The molecule has 0 aliphatic carbocycles. The zero-order valence-electron chi connectivity index (χ0n) is 11.1. The lowest BCUT2D eigenvalue weighted by atomic mass is 10.1. The summed E-state index contributed by atoms with van der Waals surface area (Å²) in [6, 6.07) is 1.94. The maximum atomic E-state index is 12.3. The predicted molar refractivity (Wildman–Crippen MR) is 70.5 cm³/mol. The summed E-state index contributed by atoms with van der Waals surface area (Å²) in [7, 11) is 0. The highest BCUT2D eigenvalue weighted by Gasteiger charge is 2.24. The number of nitrogens with zero attached hydrogens (tertiary/aromatic N) is 3. The van der Waals surface area contributed by atoms with Crippen molar-refractivity contribution < 1.29 is 8.78 Å². The van der Waals surface area contributed by atoms with Gasteiger partial charge in [0.1, 0.15) is 12.1 Å². The van der Waals surface area contributed by atoms with Gasteiger partial charge in [0.25, 0.3) is 6.43 Å². The number of aromatic nitrogens is 2. The maximum absolute atomic E-state index is 12.3. The molecule has 0 spiro atoms. The SMILES string of the molecule is CCc1cc(NCC2CCN(CC(F)F)C2)ncn1. The molecule has 1 aromatic rings. The van der Waals surface area contributed by atoms with Crippen LogP contribution >= 0.6 is 0 Å². The van der Waals surface area contributed by atoms with E-state index in [0.29, 0.717) is 5.92 Å². The number of hydrogen-bond acceptors (Lipinski definition) is 4. The van der Waals surface area contributed by atoms with Gasteiger partial charge in [0.05, 0.1) is 6.54 Å². The molecule has 2 heterocycles. The van der Waals surface area contributed by atoms with Crippen LogP contribution in [0.1, 0.15) is 19.0 Å². The quantitative estimate of drug-likeness (QED) is 0.859.